The van der Waals surface area contributed by atoms with Crippen molar-refractivity contribution in [3.05, 3.63) is 146 Å². The second kappa shape index (κ2) is 29.3. The molecule has 0 bridgehead atoms. The van der Waals surface area contributed by atoms with Crippen LogP contribution in [0.2, 0.25) is 5.02 Å². The van der Waals surface area contributed by atoms with Crippen LogP contribution in [0.25, 0.3) is 5.00 Å². The Morgan fingerprint density at radius 3 is 2.01 bits per heavy atom. The maximum Gasteiger partial charge on any atom is 0.294 e. The zero-order valence-corrected chi connectivity index (χ0v) is 56.1. The van der Waals surface area contributed by atoms with Gasteiger partial charge in [-0.05, 0) is 120 Å². The van der Waals surface area contributed by atoms with Crippen molar-refractivity contribution in [3.63, 3.8) is 0 Å². The second-order valence-corrected chi connectivity index (χ2v) is 30.7. The first-order valence-corrected chi connectivity index (χ1v) is 36.8. The molecule has 2 amide bonds. The van der Waals surface area contributed by atoms with E-state index in [1.165, 1.54) is 36.4 Å². The van der Waals surface area contributed by atoms with Gasteiger partial charge in [-0.15, -0.1) is 21.5 Å². The first-order valence-electron chi connectivity index (χ1n) is 29.5. The van der Waals surface area contributed by atoms with Gasteiger partial charge in [0.15, 0.2) is 11.5 Å². The lowest BCUT2D eigenvalue weighted by atomic mass is 9.77. The van der Waals surface area contributed by atoms with Crippen LogP contribution in [0, 0.1) is 20.8 Å². The summed E-state index contributed by atoms with van der Waals surface area (Å²) in [6.07, 6.45) is 11.0. The molecule has 24 nitrogen and oxygen atoms in total. The van der Waals surface area contributed by atoms with Gasteiger partial charge in [0.1, 0.15) is 23.4 Å². The fourth-order valence-electron chi connectivity index (χ4n) is 11.7. The Hall–Kier alpha value is -6.35. The van der Waals surface area contributed by atoms with Crippen LogP contribution < -0.4 is 15.5 Å². The highest BCUT2D eigenvalue weighted by molar-refractivity contribution is 7.86. The number of amides is 2. The number of hydrogen-bond acceptors (Lipinski definition) is 17. The fourth-order valence-corrected chi connectivity index (χ4v) is 15.0. The van der Waals surface area contributed by atoms with E-state index in [2.05, 4.69) is 34.7 Å². The van der Waals surface area contributed by atoms with Crippen molar-refractivity contribution >= 4 is 98.0 Å². The summed E-state index contributed by atoms with van der Waals surface area (Å²) in [7, 11) is -17.9. The Bertz CT molecular complexity index is 4200. The molecule has 2 aromatic heterocycles. The summed E-state index contributed by atoms with van der Waals surface area (Å²) in [5.41, 5.74) is 5.36. The molecule has 5 heterocycles. The van der Waals surface area contributed by atoms with Crippen LogP contribution in [-0.2, 0) is 70.4 Å². The maximum absolute atomic E-state index is 13.4. The van der Waals surface area contributed by atoms with Gasteiger partial charge < -0.3 is 25.0 Å². The van der Waals surface area contributed by atoms with Crippen LogP contribution in [-0.4, -0.2) is 159 Å². The third-order valence-electron chi connectivity index (χ3n) is 16.3. The zero-order chi connectivity index (χ0) is 66.3. The number of benzene rings is 3. The Morgan fingerprint density at radius 2 is 1.36 bits per heavy atom. The number of aromatic nitrogens is 3. The summed E-state index contributed by atoms with van der Waals surface area (Å²) in [5, 5.41) is 16.2. The molecular formula is C61H76ClN8O16S5+. The Labute approximate surface area is 540 Å². The number of allylic oxidation sites excluding steroid dienone is 6. The molecule has 492 valence electrons. The third-order valence-corrected chi connectivity index (χ3v) is 21.0. The van der Waals surface area contributed by atoms with E-state index < -0.39 is 68.9 Å². The predicted octanol–water partition coefficient (Wildman–Crippen LogP) is 8.31. The van der Waals surface area contributed by atoms with E-state index in [9.17, 15) is 61.5 Å². The number of fused-ring (bicyclic) bond motifs is 5. The van der Waals surface area contributed by atoms with Crippen LogP contribution in [0.15, 0.2) is 112 Å². The maximum atomic E-state index is 13.4. The van der Waals surface area contributed by atoms with E-state index in [0.717, 1.165) is 32.3 Å². The number of carbonyl (C=O) groups excluding carboxylic acids is 2. The van der Waals surface area contributed by atoms with E-state index in [0.29, 0.717) is 76.3 Å². The van der Waals surface area contributed by atoms with Crippen molar-refractivity contribution in [2.45, 2.75) is 120 Å². The molecule has 3 aliphatic heterocycles. The van der Waals surface area contributed by atoms with E-state index in [1.807, 2.05) is 66.0 Å². The van der Waals surface area contributed by atoms with Crippen LogP contribution in [0.5, 0.6) is 0 Å². The highest BCUT2D eigenvalue weighted by Gasteiger charge is 2.46. The summed E-state index contributed by atoms with van der Waals surface area (Å²) in [6.45, 7) is 13.3. The number of ether oxygens (including phenoxy) is 2. The smallest absolute Gasteiger partial charge is 0.294 e. The standard InChI is InChI=1S/C61H75ClN8O16S5/c1-40-41(2)87-59-56(40)57(43-18-20-44(62)21-19-43)65-49(58-67-66-42(3)70(58)59)39-55(72)64-28-32-86-34-33-85-31-27-63-54(71)17-11-8-12-26-61(6)48-38-46(91(82,83)84)23-25-51(48)69(30-14-36-89(76,77)78)53(61)16-10-7-9-15-52-60(4,5)47-37-45(90(79,80)81)22-24-50(47)68(52)29-13-35-88(73,74)75/h7,9-10,15-16,18-25,37-38,49H,8,11-14,17,26-36,39H2,1-6H3,(H5-,63,64,71,72,73,74,75,76,77,78,79,80,81,82,83,84)/p+1/t49-,61?/m0/s1. The molecule has 1 unspecified atom stereocenters. The summed E-state index contributed by atoms with van der Waals surface area (Å²) in [6, 6.07) is 15.1. The fraction of sp³-hybridized carbons (Fsp3) is 0.443. The lowest BCUT2D eigenvalue weighted by molar-refractivity contribution is -0.437. The number of nitrogens with one attached hydrogen (secondary N) is 2. The Morgan fingerprint density at radius 1 is 0.736 bits per heavy atom. The molecule has 0 radical (unpaired) electrons. The van der Waals surface area contributed by atoms with Crippen molar-refractivity contribution in [2.75, 3.05) is 69.0 Å². The molecule has 0 fully saturated rings. The molecule has 8 rings (SSSR count). The number of aliphatic imine (C=N–C) groups is 1. The largest absolute Gasteiger partial charge is 0.377 e. The van der Waals surface area contributed by atoms with Gasteiger partial charge in [0, 0.05) is 88.0 Å². The normalized spacial score (nSPS) is 17.8. The number of anilines is 1. The summed E-state index contributed by atoms with van der Waals surface area (Å²) >= 11 is 7.87. The van der Waals surface area contributed by atoms with E-state index in [4.69, 9.17) is 26.1 Å². The molecule has 30 heteroatoms. The van der Waals surface area contributed by atoms with Crippen LogP contribution in [0.4, 0.5) is 11.4 Å². The molecule has 0 saturated carbocycles. The minimum absolute atomic E-state index is 0.0117. The van der Waals surface area contributed by atoms with Gasteiger partial charge in [0.25, 0.3) is 40.5 Å². The number of rotatable bonds is 31. The number of aryl methyl sites for hydroxylation is 2. The summed E-state index contributed by atoms with van der Waals surface area (Å²) in [5.74, 6) is -0.240. The highest BCUT2D eigenvalue weighted by atomic mass is 35.5. The van der Waals surface area contributed by atoms with Gasteiger partial charge in [-0.3, -0.25) is 37.4 Å². The van der Waals surface area contributed by atoms with Gasteiger partial charge in [0.05, 0.1) is 65.3 Å². The number of carbonyl (C=O) groups is 2. The first kappa shape index (κ1) is 70.5. The van der Waals surface area contributed by atoms with Crippen molar-refractivity contribution in [2.24, 2.45) is 4.99 Å². The SMILES string of the molecule is Cc1sc2c(c1C)C(c1ccc(Cl)cc1)=N[C@@H](CC(=O)NCCOCCOCCNC(=O)CCCCCC1(C)\C(=C/C=C/C=C/C3=[N+](CCCS(=O)(=O)O)c4ccc(S(=O)(=O)O)cc4C3(C)C)N(CCCS(=O)(=O)O)c3ccc(S(=O)(=O)O)cc31)c1nnc(C)n1-2. The Kier molecular flexibility index (Phi) is 22.7. The van der Waals surface area contributed by atoms with E-state index in [1.54, 1.807) is 41.7 Å². The van der Waals surface area contributed by atoms with Crippen LogP contribution >= 0.6 is 22.9 Å². The van der Waals surface area contributed by atoms with Gasteiger partial charge in [-0.1, -0.05) is 54.8 Å². The molecule has 6 N–H and O–H groups in total. The predicted molar refractivity (Wildman–Crippen MR) is 347 cm³/mol. The minimum Gasteiger partial charge on any atom is -0.377 e. The first-order chi connectivity index (χ1) is 42.8. The number of hydrogen-bond donors (Lipinski definition) is 6. The number of nitrogens with zero attached hydrogens (tertiary/aromatic N) is 6. The van der Waals surface area contributed by atoms with Crippen molar-refractivity contribution in [3.8, 4) is 5.00 Å². The number of halogens is 1. The van der Waals surface area contributed by atoms with E-state index in [-0.39, 0.29) is 99.9 Å². The second-order valence-electron chi connectivity index (χ2n) is 23.1. The summed E-state index contributed by atoms with van der Waals surface area (Å²) in [4.78, 5) is 33.8. The molecule has 3 aliphatic rings. The highest BCUT2D eigenvalue weighted by Crippen LogP contribution is 2.52. The minimum atomic E-state index is -4.66. The summed E-state index contributed by atoms with van der Waals surface area (Å²) < 4.78 is 151. The van der Waals surface area contributed by atoms with Gasteiger partial charge in [-0.25, -0.2) is 0 Å². The molecule has 3 aromatic carbocycles. The quantitative estimate of drug-likeness (QED) is 0.0105. The molecule has 0 spiro atoms. The topological polar surface area (TPSA) is 343 Å². The molecule has 0 saturated heterocycles. The van der Waals surface area contributed by atoms with E-state index >= 15 is 0 Å². The van der Waals surface area contributed by atoms with Gasteiger partial charge >= 0.3 is 0 Å². The van der Waals surface area contributed by atoms with Crippen LogP contribution in [0.3, 0.4) is 0 Å². The van der Waals surface area contributed by atoms with Crippen molar-refractivity contribution in [1.82, 2.24) is 25.4 Å². The monoisotopic (exact) mass is 1370 g/mol. The number of unbranched alkanes of at least 4 members (excludes halogenated alkanes) is 2. The van der Waals surface area contributed by atoms with Crippen molar-refractivity contribution < 1.29 is 75.5 Å². The van der Waals surface area contributed by atoms with Crippen LogP contribution in [0.1, 0.15) is 123 Å². The van der Waals surface area contributed by atoms with Crippen molar-refractivity contribution in [1.29, 1.82) is 0 Å². The van der Waals surface area contributed by atoms with Gasteiger partial charge in [0.2, 0.25) is 17.5 Å². The molecule has 0 aliphatic carbocycles. The molecular weight excluding hydrogens is 1300 g/mol. The zero-order valence-electron chi connectivity index (χ0n) is 51.3. The van der Waals surface area contributed by atoms with Gasteiger partial charge in [-0.2, -0.15) is 38.2 Å². The lowest BCUT2D eigenvalue weighted by Crippen LogP contribution is -2.30. The average Bonchev–Trinajstić information content (AvgIpc) is 1.61. The lowest BCUT2D eigenvalue weighted by Gasteiger charge is -2.30. The molecule has 91 heavy (non-hydrogen) atoms. The molecule has 2 atom stereocenters. The molecule has 5 aromatic rings. The Balaban J connectivity index is 0.830. The number of thiophene rings is 1. The third kappa shape index (κ3) is 17.5. The average molecular weight is 1370 g/mol.